The molecule has 0 aliphatic carbocycles. The van der Waals surface area contributed by atoms with Crippen molar-refractivity contribution in [2.45, 2.75) is 26.7 Å². The van der Waals surface area contributed by atoms with Crippen molar-refractivity contribution >= 4 is 17.5 Å². The van der Waals surface area contributed by atoms with E-state index in [4.69, 9.17) is 16.3 Å². The van der Waals surface area contributed by atoms with E-state index < -0.39 is 0 Å². The van der Waals surface area contributed by atoms with E-state index in [1.54, 1.807) is 47.4 Å². The van der Waals surface area contributed by atoms with Gasteiger partial charge in [-0.3, -0.25) is 9.48 Å². The molecule has 0 aliphatic heterocycles. The largest absolute Gasteiger partial charge is 0.471 e. The van der Waals surface area contributed by atoms with Gasteiger partial charge in [-0.05, 0) is 37.3 Å². The zero-order chi connectivity index (χ0) is 17.6. The quantitative estimate of drug-likeness (QED) is 0.704. The summed E-state index contributed by atoms with van der Waals surface area (Å²) in [5.74, 6) is 0.396. The van der Waals surface area contributed by atoms with E-state index in [0.717, 1.165) is 12.2 Å². The summed E-state index contributed by atoms with van der Waals surface area (Å²) in [4.78, 5) is 12.2. The average Bonchev–Trinajstić information content (AvgIpc) is 3.27. The van der Waals surface area contributed by atoms with Gasteiger partial charge in [-0.15, -0.1) is 0 Å². The number of aromatic nitrogens is 4. The minimum atomic E-state index is -0.245. The van der Waals surface area contributed by atoms with Gasteiger partial charge in [0.25, 0.3) is 5.91 Å². The van der Waals surface area contributed by atoms with Gasteiger partial charge >= 0.3 is 0 Å². The number of nitrogens with zero attached hydrogens (tertiary/aromatic N) is 4. The topological polar surface area (TPSA) is 74.0 Å². The summed E-state index contributed by atoms with van der Waals surface area (Å²) < 4.78 is 8.97. The Labute approximate surface area is 150 Å². The Bertz CT molecular complexity index is 858. The molecule has 2 heterocycles. The van der Waals surface area contributed by atoms with Crippen molar-refractivity contribution in [3.05, 3.63) is 65.2 Å². The number of carbonyl (C=O) groups excluding carboxylic acids is 1. The molecule has 25 heavy (non-hydrogen) atoms. The Hall–Kier alpha value is -2.80. The third-order valence-electron chi connectivity index (χ3n) is 3.57. The first-order chi connectivity index (χ1) is 12.2. The van der Waals surface area contributed by atoms with Crippen LogP contribution in [-0.4, -0.2) is 25.5 Å². The van der Waals surface area contributed by atoms with Gasteiger partial charge < -0.3 is 10.1 Å². The lowest BCUT2D eigenvalue weighted by Crippen LogP contribution is -2.25. The van der Waals surface area contributed by atoms with Crippen LogP contribution in [0.1, 0.15) is 23.1 Å². The number of nitrogens with one attached hydrogen (secondary N) is 1. The molecular weight excluding hydrogens is 342 g/mol. The second-order valence-electron chi connectivity index (χ2n) is 5.29. The summed E-state index contributed by atoms with van der Waals surface area (Å²) in [5.41, 5.74) is 1.27. The smallest absolute Gasteiger partial charge is 0.272 e. The van der Waals surface area contributed by atoms with Crippen molar-refractivity contribution in [2.75, 3.05) is 0 Å². The van der Waals surface area contributed by atoms with Crippen LogP contribution >= 0.6 is 11.6 Å². The normalized spacial score (nSPS) is 10.6. The minimum absolute atomic E-state index is 0.191. The molecule has 3 rings (SSSR count). The number of carbonyl (C=O) groups is 1. The van der Waals surface area contributed by atoms with Crippen molar-refractivity contribution in [3.8, 4) is 5.75 Å². The molecule has 0 aliphatic rings. The standard InChI is InChI=1S/C17H18ClN5O2/c1-2-23-14(6-8-20-23)11-19-17(24)16-7-9-22(21-16)12-25-15-5-3-4-13(18)10-15/h3-10H,2,11-12H2,1H3,(H,19,24). The SMILES string of the molecule is CCn1nccc1CNC(=O)c1ccn(COc2cccc(Cl)c2)n1. The number of hydrogen-bond donors (Lipinski definition) is 1. The number of rotatable bonds is 7. The molecule has 0 fully saturated rings. The summed E-state index contributed by atoms with van der Waals surface area (Å²) in [6.07, 6.45) is 3.41. The number of benzene rings is 1. The third kappa shape index (κ3) is 4.39. The molecule has 130 valence electrons. The van der Waals surface area contributed by atoms with Crippen LogP contribution in [0.15, 0.2) is 48.8 Å². The predicted molar refractivity (Wildman–Crippen MR) is 93.4 cm³/mol. The molecule has 2 aromatic heterocycles. The van der Waals surface area contributed by atoms with E-state index in [-0.39, 0.29) is 12.6 Å². The molecule has 7 nitrogen and oxygen atoms in total. The molecule has 0 saturated heterocycles. The fourth-order valence-corrected chi connectivity index (χ4v) is 2.49. The van der Waals surface area contributed by atoms with Crippen LogP contribution in [0.2, 0.25) is 5.02 Å². The fraction of sp³-hybridized carbons (Fsp3) is 0.235. The highest BCUT2D eigenvalue weighted by Gasteiger charge is 2.10. The zero-order valence-electron chi connectivity index (χ0n) is 13.7. The van der Waals surface area contributed by atoms with Crippen LogP contribution < -0.4 is 10.1 Å². The van der Waals surface area contributed by atoms with Crippen molar-refractivity contribution in [3.63, 3.8) is 0 Å². The van der Waals surface area contributed by atoms with Gasteiger partial charge in [-0.25, -0.2) is 4.68 Å². The number of amides is 1. The zero-order valence-corrected chi connectivity index (χ0v) is 14.5. The Morgan fingerprint density at radius 1 is 1.32 bits per heavy atom. The molecule has 1 aromatic carbocycles. The van der Waals surface area contributed by atoms with E-state index in [1.807, 2.05) is 17.7 Å². The van der Waals surface area contributed by atoms with Gasteiger partial charge in [0.1, 0.15) is 11.4 Å². The van der Waals surface area contributed by atoms with Crippen molar-refractivity contribution < 1.29 is 9.53 Å². The highest BCUT2D eigenvalue weighted by atomic mass is 35.5. The lowest BCUT2D eigenvalue weighted by Gasteiger charge is -2.07. The summed E-state index contributed by atoms with van der Waals surface area (Å²) in [5, 5.41) is 11.8. The van der Waals surface area contributed by atoms with Crippen LogP contribution in [-0.2, 0) is 19.8 Å². The van der Waals surface area contributed by atoms with Gasteiger partial charge in [0, 0.05) is 24.0 Å². The second-order valence-corrected chi connectivity index (χ2v) is 5.73. The van der Waals surface area contributed by atoms with Crippen molar-refractivity contribution in [2.24, 2.45) is 0 Å². The van der Waals surface area contributed by atoms with Crippen molar-refractivity contribution in [1.82, 2.24) is 24.9 Å². The van der Waals surface area contributed by atoms with Gasteiger partial charge in [-0.1, -0.05) is 17.7 Å². The molecule has 3 aromatic rings. The molecular formula is C17H18ClN5O2. The van der Waals surface area contributed by atoms with Gasteiger partial charge in [-0.2, -0.15) is 10.2 Å². The Balaban J connectivity index is 1.54. The molecule has 0 atom stereocenters. The van der Waals surface area contributed by atoms with Crippen LogP contribution in [0.3, 0.4) is 0 Å². The fourth-order valence-electron chi connectivity index (χ4n) is 2.31. The van der Waals surface area contributed by atoms with E-state index >= 15 is 0 Å². The maximum absolute atomic E-state index is 12.2. The number of aryl methyl sites for hydroxylation is 1. The van der Waals surface area contributed by atoms with Crippen LogP contribution in [0.25, 0.3) is 0 Å². The van der Waals surface area contributed by atoms with E-state index in [9.17, 15) is 4.79 Å². The van der Waals surface area contributed by atoms with Gasteiger partial charge in [0.05, 0.1) is 12.2 Å². The lowest BCUT2D eigenvalue weighted by atomic mass is 10.3. The highest BCUT2D eigenvalue weighted by molar-refractivity contribution is 6.30. The molecule has 1 N–H and O–H groups in total. The predicted octanol–water partition coefficient (Wildman–Crippen LogP) is 2.72. The van der Waals surface area contributed by atoms with E-state index in [0.29, 0.717) is 23.0 Å². The van der Waals surface area contributed by atoms with Gasteiger partial charge in [0.15, 0.2) is 6.73 Å². The van der Waals surface area contributed by atoms with E-state index in [2.05, 4.69) is 15.5 Å². The minimum Gasteiger partial charge on any atom is -0.471 e. The Kier molecular flexibility index (Phi) is 5.35. The Morgan fingerprint density at radius 2 is 2.20 bits per heavy atom. The van der Waals surface area contributed by atoms with Crippen LogP contribution in [0.5, 0.6) is 5.75 Å². The highest BCUT2D eigenvalue weighted by Crippen LogP contribution is 2.17. The molecule has 0 spiro atoms. The first kappa shape index (κ1) is 17.0. The summed E-state index contributed by atoms with van der Waals surface area (Å²) in [7, 11) is 0. The van der Waals surface area contributed by atoms with Gasteiger partial charge in [0.2, 0.25) is 0 Å². The van der Waals surface area contributed by atoms with Crippen LogP contribution in [0.4, 0.5) is 0 Å². The maximum Gasteiger partial charge on any atom is 0.272 e. The summed E-state index contributed by atoms with van der Waals surface area (Å²) >= 11 is 5.91. The third-order valence-corrected chi connectivity index (χ3v) is 3.80. The first-order valence-electron chi connectivity index (χ1n) is 7.86. The summed E-state index contributed by atoms with van der Waals surface area (Å²) in [6, 6.07) is 10.6. The molecule has 8 heteroatoms. The molecule has 1 amide bonds. The molecule has 0 bridgehead atoms. The average molecular weight is 360 g/mol. The molecule has 0 saturated carbocycles. The number of hydrogen-bond acceptors (Lipinski definition) is 4. The number of ether oxygens (including phenoxy) is 1. The second kappa shape index (κ2) is 7.85. The molecule has 0 radical (unpaired) electrons. The molecule has 0 unspecified atom stereocenters. The maximum atomic E-state index is 12.2. The van der Waals surface area contributed by atoms with E-state index in [1.165, 1.54) is 0 Å². The number of halogens is 1. The lowest BCUT2D eigenvalue weighted by molar-refractivity contribution is 0.0943. The summed E-state index contributed by atoms with van der Waals surface area (Å²) in [6.45, 7) is 3.35. The Morgan fingerprint density at radius 3 is 3.00 bits per heavy atom. The monoisotopic (exact) mass is 359 g/mol. The first-order valence-corrected chi connectivity index (χ1v) is 8.24. The van der Waals surface area contributed by atoms with Crippen molar-refractivity contribution in [1.29, 1.82) is 0 Å². The van der Waals surface area contributed by atoms with Crippen LogP contribution in [0, 0.1) is 0 Å².